The molecule has 0 saturated carbocycles. The number of rotatable bonds is 4. The van der Waals surface area contributed by atoms with Gasteiger partial charge in [0, 0.05) is 6.07 Å². The Morgan fingerprint density at radius 3 is 2.78 bits per heavy atom. The van der Waals surface area contributed by atoms with E-state index in [9.17, 15) is 4.79 Å². The summed E-state index contributed by atoms with van der Waals surface area (Å²) >= 11 is 6.55. The molecule has 2 aromatic rings. The number of carboxylic acids is 1. The second-order valence-electron chi connectivity index (χ2n) is 3.19. The maximum Gasteiger partial charge on any atom is 0.349 e. The van der Waals surface area contributed by atoms with Gasteiger partial charge in [-0.2, -0.15) is 4.98 Å². The number of aromatic nitrogens is 1. The minimum absolute atomic E-state index is 0.0467. The molecule has 0 unspecified atom stereocenters. The van der Waals surface area contributed by atoms with Crippen LogP contribution in [0, 0.1) is 0 Å². The Morgan fingerprint density at radius 2 is 2.17 bits per heavy atom. The molecule has 94 valence electrons. The van der Waals surface area contributed by atoms with E-state index < -0.39 is 5.97 Å². The first-order chi connectivity index (χ1) is 8.60. The smallest absolute Gasteiger partial charge is 0.349 e. The highest BCUT2D eigenvalue weighted by molar-refractivity contribution is 7.15. The number of aromatic carboxylic acids is 1. The Bertz CT molecular complexity index is 584. The Hall–Kier alpha value is -1.79. The molecular weight excluding hydrogens is 278 g/mol. The Balaban J connectivity index is 2.23. The van der Waals surface area contributed by atoms with E-state index in [-0.39, 0.29) is 15.2 Å². The third kappa shape index (κ3) is 2.72. The number of hydrogen-bond donors (Lipinski definition) is 1. The molecule has 2 rings (SSSR count). The minimum Gasteiger partial charge on any atom is -0.497 e. The highest BCUT2D eigenvalue weighted by Crippen LogP contribution is 2.32. The molecule has 18 heavy (non-hydrogen) atoms. The summed E-state index contributed by atoms with van der Waals surface area (Å²) in [6.07, 6.45) is 0. The summed E-state index contributed by atoms with van der Waals surface area (Å²) in [5, 5.41) is 8.93. The van der Waals surface area contributed by atoms with Crippen LogP contribution in [0.25, 0.3) is 0 Å². The monoisotopic (exact) mass is 285 g/mol. The number of carbonyl (C=O) groups is 1. The van der Waals surface area contributed by atoms with Gasteiger partial charge in [-0.1, -0.05) is 29.0 Å². The van der Waals surface area contributed by atoms with Gasteiger partial charge in [-0.05, 0) is 12.1 Å². The van der Waals surface area contributed by atoms with Crippen molar-refractivity contribution in [3.8, 4) is 16.7 Å². The van der Waals surface area contributed by atoms with Crippen molar-refractivity contribution in [1.29, 1.82) is 0 Å². The Kier molecular flexibility index (Phi) is 3.69. The van der Waals surface area contributed by atoms with Crippen molar-refractivity contribution in [1.82, 2.24) is 4.98 Å². The first-order valence-corrected chi connectivity index (χ1v) is 6.01. The molecule has 1 aromatic heterocycles. The number of thiazole rings is 1. The predicted octanol–water partition coefficient (Wildman–Crippen LogP) is 3.30. The lowest BCUT2D eigenvalue weighted by Crippen LogP contribution is -1.91. The highest BCUT2D eigenvalue weighted by Gasteiger charge is 2.17. The number of nitrogens with zero attached hydrogens (tertiary/aromatic N) is 1. The van der Waals surface area contributed by atoms with Gasteiger partial charge in [0.2, 0.25) is 0 Å². The zero-order valence-corrected chi connectivity index (χ0v) is 10.8. The fraction of sp³-hybridized carbons (Fsp3) is 0.0909. The lowest BCUT2D eigenvalue weighted by atomic mass is 10.3. The molecule has 1 aromatic carbocycles. The van der Waals surface area contributed by atoms with E-state index in [0.717, 1.165) is 11.3 Å². The van der Waals surface area contributed by atoms with E-state index in [1.54, 1.807) is 31.4 Å². The van der Waals surface area contributed by atoms with Gasteiger partial charge >= 0.3 is 5.97 Å². The lowest BCUT2D eigenvalue weighted by Gasteiger charge is -2.03. The van der Waals surface area contributed by atoms with Gasteiger partial charge in [-0.15, -0.1) is 0 Å². The molecule has 0 aliphatic rings. The number of benzene rings is 1. The molecule has 7 heteroatoms. The molecule has 0 fully saturated rings. The van der Waals surface area contributed by atoms with Crippen LogP contribution in [0.3, 0.4) is 0 Å². The van der Waals surface area contributed by atoms with Gasteiger partial charge in [-0.3, -0.25) is 0 Å². The Labute approximate surface area is 112 Å². The van der Waals surface area contributed by atoms with Crippen LogP contribution in [0.2, 0.25) is 5.15 Å². The SMILES string of the molecule is COc1cccc(Oc2nc(Cl)c(C(=O)O)s2)c1. The van der Waals surface area contributed by atoms with Crippen molar-refractivity contribution >= 4 is 28.9 Å². The molecule has 0 spiro atoms. The van der Waals surface area contributed by atoms with Gasteiger partial charge in [0.05, 0.1) is 7.11 Å². The van der Waals surface area contributed by atoms with Crippen LogP contribution >= 0.6 is 22.9 Å². The number of hydrogen-bond acceptors (Lipinski definition) is 5. The lowest BCUT2D eigenvalue weighted by molar-refractivity contribution is 0.0702. The first kappa shape index (κ1) is 12.7. The van der Waals surface area contributed by atoms with Crippen LogP contribution in [0.4, 0.5) is 0 Å². The second kappa shape index (κ2) is 5.24. The highest BCUT2D eigenvalue weighted by atomic mass is 35.5. The largest absolute Gasteiger partial charge is 0.497 e. The molecular formula is C11H8ClNO4S. The van der Waals surface area contributed by atoms with Gasteiger partial charge in [0.15, 0.2) is 10.0 Å². The summed E-state index contributed by atoms with van der Waals surface area (Å²) in [7, 11) is 1.54. The zero-order valence-electron chi connectivity index (χ0n) is 9.21. The summed E-state index contributed by atoms with van der Waals surface area (Å²) in [5.41, 5.74) is 0. The average molecular weight is 286 g/mol. The molecule has 0 aliphatic carbocycles. The molecule has 0 saturated heterocycles. The van der Waals surface area contributed by atoms with Crippen LogP contribution in [0.1, 0.15) is 9.67 Å². The number of methoxy groups -OCH3 is 1. The zero-order chi connectivity index (χ0) is 13.1. The summed E-state index contributed by atoms with van der Waals surface area (Å²) in [6.45, 7) is 0. The molecule has 0 amide bonds. The first-order valence-electron chi connectivity index (χ1n) is 4.81. The topological polar surface area (TPSA) is 68.7 Å². The average Bonchev–Trinajstić information content (AvgIpc) is 2.70. The van der Waals surface area contributed by atoms with Crippen molar-refractivity contribution in [2.45, 2.75) is 0 Å². The number of ether oxygens (including phenoxy) is 2. The van der Waals surface area contributed by atoms with E-state index in [1.807, 2.05) is 0 Å². The van der Waals surface area contributed by atoms with Crippen molar-refractivity contribution in [3.05, 3.63) is 34.3 Å². The fourth-order valence-corrected chi connectivity index (χ4v) is 2.21. The van der Waals surface area contributed by atoms with Crippen molar-refractivity contribution < 1.29 is 19.4 Å². The molecule has 0 radical (unpaired) electrons. The molecule has 1 heterocycles. The molecule has 0 atom stereocenters. The third-order valence-corrected chi connectivity index (χ3v) is 3.31. The van der Waals surface area contributed by atoms with E-state index in [4.69, 9.17) is 26.2 Å². The quantitative estimate of drug-likeness (QED) is 0.933. The van der Waals surface area contributed by atoms with E-state index >= 15 is 0 Å². The van der Waals surface area contributed by atoms with Gasteiger partial charge < -0.3 is 14.6 Å². The van der Waals surface area contributed by atoms with Crippen molar-refractivity contribution in [2.24, 2.45) is 0 Å². The fourth-order valence-electron chi connectivity index (χ4n) is 1.22. The van der Waals surface area contributed by atoms with E-state index in [0.29, 0.717) is 11.5 Å². The van der Waals surface area contributed by atoms with Crippen LogP contribution in [-0.2, 0) is 0 Å². The summed E-state index contributed by atoms with van der Waals surface area (Å²) in [5.74, 6) is 0.00306. The molecule has 1 N–H and O–H groups in total. The van der Waals surface area contributed by atoms with E-state index in [1.165, 1.54) is 0 Å². The summed E-state index contributed by atoms with van der Waals surface area (Å²) < 4.78 is 10.5. The van der Waals surface area contributed by atoms with E-state index in [2.05, 4.69) is 4.98 Å². The standard InChI is InChI=1S/C11H8ClNO4S/c1-16-6-3-2-4-7(5-6)17-11-13-9(12)8(18-11)10(14)15/h2-5H,1H3,(H,14,15). The molecule has 5 nitrogen and oxygen atoms in total. The van der Waals surface area contributed by atoms with Crippen molar-refractivity contribution in [3.63, 3.8) is 0 Å². The maximum atomic E-state index is 10.8. The summed E-state index contributed by atoms with van der Waals surface area (Å²) in [6, 6.07) is 6.89. The predicted molar refractivity (Wildman–Crippen MR) is 67.2 cm³/mol. The van der Waals surface area contributed by atoms with Gasteiger partial charge in [-0.25, -0.2) is 4.79 Å². The van der Waals surface area contributed by atoms with Crippen molar-refractivity contribution in [2.75, 3.05) is 7.11 Å². The van der Waals surface area contributed by atoms with Gasteiger partial charge in [0.1, 0.15) is 11.5 Å². The van der Waals surface area contributed by atoms with Crippen LogP contribution in [-0.4, -0.2) is 23.2 Å². The number of halogens is 1. The number of carboxylic acid groups (broad SMARTS) is 1. The van der Waals surface area contributed by atoms with Gasteiger partial charge in [0.25, 0.3) is 5.19 Å². The van der Waals surface area contributed by atoms with Crippen LogP contribution in [0.15, 0.2) is 24.3 Å². The normalized spacial score (nSPS) is 10.1. The molecule has 0 bridgehead atoms. The van der Waals surface area contributed by atoms with Crippen LogP contribution in [0.5, 0.6) is 16.7 Å². The summed E-state index contributed by atoms with van der Waals surface area (Å²) in [4.78, 5) is 14.6. The van der Waals surface area contributed by atoms with Crippen LogP contribution < -0.4 is 9.47 Å². The Morgan fingerprint density at radius 1 is 1.44 bits per heavy atom. The third-order valence-electron chi connectivity index (χ3n) is 2.01. The minimum atomic E-state index is -1.13. The molecule has 0 aliphatic heterocycles. The maximum absolute atomic E-state index is 10.8. The second-order valence-corrected chi connectivity index (χ2v) is 4.51.